The van der Waals surface area contributed by atoms with E-state index in [1.165, 1.54) is 0 Å². The summed E-state index contributed by atoms with van der Waals surface area (Å²) < 4.78 is 20.8. The second kappa shape index (κ2) is 15.3. The molecule has 1 atom stereocenters. The lowest BCUT2D eigenvalue weighted by molar-refractivity contribution is -0.146. The van der Waals surface area contributed by atoms with Crippen molar-refractivity contribution in [2.45, 2.75) is 32.2 Å². The zero-order chi connectivity index (χ0) is 15.8. The molecule has 6 nitrogen and oxygen atoms in total. The van der Waals surface area contributed by atoms with Gasteiger partial charge in [0.1, 0.15) is 12.6 Å². The van der Waals surface area contributed by atoms with Gasteiger partial charge in [-0.15, -0.1) is 12.3 Å². The zero-order valence-corrected chi connectivity index (χ0v) is 12.8. The van der Waals surface area contributed by atoms with Crippen LogP contribution in [0.4, 0.5) is 0 Å². The zero-order valence-electron chi connectivity index (χ0n) is 12.8. The van der Waals surface area contributed by atoms with Gasteiger partial charge in [-0.05, 0) is 6.42 Å². The van der Waals surface area contributed by atoms with Crippen molar-refractivity contribution >= 4 is 5.97 Å². The van der Waals surface area contributed by atoms with Gasteiger partial charge in [-0.25, -0.2) is 0 Å². The predicted molar refractivity (Wildman–Crippen MR) is 79.7 cm³/mol. The molecule has 0 aromatic heterocycles. The number of carbonyl (C=O) groups is 1. The lowest BCUT2D eigenvalue weighted by Crippen LogP contribution is -2.32. The molecule has 0 spiro atoms. The molecule has 0 aliphatic heterocycles. The molecule has 0 bridgehead atoms. The summed E-state index contributed by atoms with van der Waals surface area (Å²) in [6, 6.07) is -0.758. The molecule has 0 radical (unpaired) electrons. The van der Waals surface area contributed by atoms with E-state index >= 15 is 0 Å². The highest BCUT2D eigenvalue weighted by Crippen LogP contribution is 1.91. The minimum absolute atomic E-state index is 0.164. The molecule has 0 aromatic rings. The van der Waals surface area contributed by atoms with Crippen LogP contribution in [-0.4, -0.2) is 58.3 Å². The smallest absolute Gasteiger partial charge is 0.323 e. The molecule has 0 rings (SSSR count). The first-order valence-corrected chi connectivity index (χ1v) is 7.31. The van der Waals surface area contributed by atoms with Crippen LogP contribution in [-0.2, 0) is 23.7 Å². The van der Waals surface area contributed by atoms with E-state index in [-0.39, 0.29) is 13.0 Å². The van der Waals surface area contributed by atoms with Gasteiger partial charge in [0.15, 0.2) is 0 Å². The largest absolute Gasteiger partial charge is 0.462 e. The van der Waals surface area contributed by atoms with Crippen molar-refractivity contribution in [1.29, 1.82) is 0 Å². The summed E-state index contributed by atoms with van der Waals surface area (Å²) >= 11 is 0. The quantitative estimate of drug-likeness (QED) is 0.289. The van der Waals surface area contributed by atoms with Crippen LogP contribution < -0.4 is 5.73 Å². The molecule has 0 heterocycles. The summed E-state index contributed by atoms with van der Waals surface area (Å²) in [5.41, 5.74) is 5.48. The van der Waals surface area contributed by atoms with E-state index in [1.807, 2.05) is 0 Å². The van der Waals surface area contributed by atoms with Crippen LogP contribution in [0.1, 0.15) is 26.2 Å². The monoisotopic (exact) mass is 301 g/mol. The molecule has 0 saturated carbocycles. The van der Waals surface area contributed by atoms with Crippen molar-refractivity contribution in [2.24, 2.45) is 5.73 Å². The lowest BCUT2D eigenvalue weighted by Gasteiger charge is -2.09. The van der Waals surface area contributed by atoms with Crippen LogP contribution in [0, 0.1) is 12.3 Å². The van der Waals surface area contributed by atoms with Crippen molar-refractivity contribution in [1.82, 2.24) is 0 Å². The first-order chi connectivity index (χ1) is 10.2. The Balaban J connectivity index is 3.19. The van der Waals surface area contributed by atoms with Crippen LogP contribution >= 0.6 is 0 Å². The molecule has 122 valence electrons. The number of hydrogen-bond donors (Lipinski definition) is 1. The maximum atomic E-state index is 11.3. The molecule has 0 aliphatic carbocycles. The third-order valence-electron chi connectivity index (χ3n) is 2.50. The van der Waals surface area contributed by atoms with Crippen molar-refractivity contribution in [2.75, 3.05) is 46.2 Å². The SMILES string of the molecule is C#CCC(N)C(=O)OCCOCCOCCOCCCC. The Bertz CT molecular complexity index is 290. The summed E-state index contributed by atoms with van der Waals surface area (Å²) in [7, 11) is 0. The minimum Gasteiger partial charge on any atom is -0.462 e. The Morgan fingerprint density at radius 2 is 1.57 bits per heavy atom. The highest BCUT2D eigenvalue weighted by Gasteiger charge is 2.12. The normalized spacial score (nSPS) is 11.9. The fourth-order valence-corrected chi connectivity index (χ4v) is 1.31. The lowest BCUT2D eigenvalue weighted by atomic mass is 10.2. The molecule has 1 unspecified atom stereocenters. The van der Waals surface area contributed by atoms with Crippen LogP contribution in [0.25, 0.3) is 0 Å². The second-order valence-electron chi connectivity index (χ2n) is 4.37. The molecule has 0 fully saturated rings. The van der Waals surface area contributed by atoms with Gasteiger partial charge in [0.05, 0.1) is 33.0 Å². The molecule has 0 saturated heterocycles. The number of carbonyl (C=O) groups excluding carboxylic acids is 1. The Labute approximate surface area is 127 Å². The van der Waals surface area contributed by atoms with Crippen LogP contribution in [0.2, 0.25) is 0 Å². The molecule has 6 heteroatoms. The van der Waals surface area contributed by atoms with Gasteiger partial charge in [-0.1, -0.05) is 13.3 Å². The van der Waals surface area contributed by atoms with Gasteiger partial charge >= 0.3 is 5.97 Å². The molecule has 2 N–H and O–H groups in total. The fourth-order valence-electron chi connectivity index (χ4n) is 1.31. The highest BCUT2D eigenvalue weighted by molar-refractivity contribution is 5.75. The predicted octanol–water partition coefficient (Wildman–Crippen LogP) is 0.730. The van der Waals surface area contributed by atoms with Crippen molar-refractivity contribution in [3.8, 4) is 12.3 Å². The van der Waals surface area contributed by atoms with Gasteiger partial charge in [-0.2, -0.15) is 0 Å². The standard InChI is InChI=1S/C15H27NO5/c1-3-5-7-18-8-9-19-10-11-20-12-13-21-15(17)14(16)6-4-2/h2,14H,3,5-13,16H2,1H3. The van der Waals surface area contributed by atoms with E-state index in [2.05, 4.69) is 12.8 Å². The fraction of sp³-hybridized carbons (Fsp3) is 0.800. The number of unbranched alkanes of at least 4 members (excludes halogenated alkanes) is 1. The Kier molecular flexibility index (Phi) is 14.4. The van der Waals surface area contributed by atoms with Crippen molar-refractivity contribution < 1.29 is 23.7 Å². The average Bonchev–Trinajstić information content (AvgIpc) is 2.48. The van der Waals surface area contributed by atoms with Crippen molar-refractivity contribution in [3.05, 3.63) is 0 Å². The molecule has 0 aromatic carbocycles. The Hall–Kier alpha value is -1.13. The maximum absolute atomic E-state index is 11.3. The summed E-state index contributed by atoms with van der Waals surface area (Å²) in [6.07, 6.45) is 7.43. The van der Waals surface area contributed by atoms with Gasteiger partial charge in [0.2, 0.25) is 0 Å². The van der Waals surface area contributed by atoms with E-state index in [0.717, 1.165) is 19.4 Å². The first kappa shape index (κ1) is 19.9. The van der Waals surface area contributed by atoms with Gasteiger partial charge < -0.3 is 24.7 Å². The van der Waals surface area contributed by atoms with Crippen LogP contribution in [0.5, 0.6) is 0 Å². The molecular formula is C15H27NO5. The van der Waals surface area contributed by atoms with E-state index < -0.39 is 12.0 Å². The number of terminal acetylenes is 1. The topological polar surface area (TPSA) is 80.0 Å². The maximum Gasteiger partial charge on any atom is 0.323 e. The minimum atomic E-state index is -0.758. The van der Waals surface area contributed by atoms with Gasteiger partial charge in [-0.3, -0.25) is 4.79 Å². The van der Waals surface area contributed by atoms with E-state index in [9.17, 15) is 4.79 Å². The number of rotatable bonds is 14. The summed E-state index contributed by atoms with van der Waals surface area (Å²) in [5.74, 6) is 1.81. The Morgan fingerprint density at radius 1 is 1.05 bits per heavy atom. The highest BCUT2D eigenvalue weighted by atomic mass is 16.6. The van der Waals surface area contributed by atoms with Crippen molar-refractivity contribution in [3.63, 3.8) is 0 Å². The van der Waals surface area contributed by atoms with E-state index in [4.69, 9.17) is 31.1 Å². The van der Waals surface area contributed by atoms with Gasteiger partial charge in [0.25, 0.3) is 0 Å². The first-order valence-electron chi connectivity index (χ1n) is 7.31. The summed E-state index contributed by atoms with van der Waals surface area (Å²) in [6.45, 7) is 5.47. The number of esters is 1. The molecule has 0 amide bonds. The third kappa shape index (κ3) is 13.6. The van der Waals surface area contributed by atoms with Crippen LogP contribution in [0.3, 0.4) is 0 Å². The number of hydrogen-bond acceptors (Lipinski definition) is 6. The van der Waals surface area contributed by atoms with E-state index in [0.29, 0.717) is 33.0 Å². The number of nitrogens with two attached hydrogens (primary N) is 1. The van der Waals surface area contributed by atoms with Gasteiger partial charge in [0, 0.05) is 13.0 Å². The Morgan fingerprint density at radius 3 is 2.10 bits per heavy atom. The third-order valence-corrected chi connectivity index (χ3v) is 2.50. The average molecular weight is 301 g/mol. The summed E-state index contributed by atoms with van der Waals surface area (Å²) in [4.78, 5) is 11.3. The van der Waals surface area contributed by atoms with Crippen LogP contribution in [0.15, 0.2) is 0 Å². The van der Waals surface area contributed by atoms with E-state index in [1.54, 1.807) is 0 Å². The number of ether oxygens (including phenoxy) is 4. The summed E-state index contributed by atoms with van der Waals surface area (Å²) in [5, 5.41) is 0. The molecule has 0 aliphatic rings. The molecule has 21 heavy (non-hydrogen) atoms. The molecular weight excluding hydrogens is 274 g/mol. The second-order valence-corrected chi connectivity index (χ2v) is 4.37.